The highest BCUT2D eigenvalue weighted by molar-refractivity contribution is 9.10. The number of halogens is 1. The molecule has 20 heavy (non-hydrogen) atoms. The first-order chi connectivity index (χ1) is 9.52. The zero-order chi connectivity index (χ0) is 14.7. The van der Waals surface area contributed by atoms with Crippen molar-refractivity contribution in [2.24, 2.45) is 0 Å². The molecule has 5 heteroatoms. The van der Waals surface area contributed by atoms with Gasteiger partial charge in [0.15, 0.2) is 0 Å². The number of esters is 1. The molecule has 0 aliphatic carbocycles. The third-order valence-corrected chi connectivity index (χ3v) is 3.49. The van der Waals surface area contributed by atoms with Gasteiger partial charge in [0.05, 0.1) is 18.2 Å². The van der Waals surface area contributed by atoms with Gasteiger partial charge < -0.3 is 9.84 Å². The summed E-state index contributed by atoms with van der Waals surface area (Å²) >= 11 is 3.40. The summed E-state index contributed by atoms with van der Waals surface area (Å²) in [6.45, 7) is 0. The molecule has 0 heterocycles. The average Bonchev–Trinajstić information content (AvgIpc) is 2.46. The topological polar surface area (TPSA) is 63.6 Å². The Morgan fingerprint density at radius 3 is 2.15 bits per heavy atom. The molecule has 2 aromatic carbocycles. The van der Waals surface area contributed by atoms with Gasteiger partial charge in [-0.05, 0) is 35.4 Å². The van der Waals surface area contributed by atoms with Crippen LogP contribution in [0.1, 0.15) is 20.7 Å². The largest absolute Gasteiger partial charge is 0.478 e. The molecule has 0 fully saturated rings. The maximum atomic E-state index is 11.4. The molecule has 0 saturated heterocycles. The van der Waals surface area contributed by atoms with Crippen LogP contribution < -0.4 is 0 Å². The van der Waals surface area contributed by atoms with E-state index >= 15 is 0 Å². The number of aromatic carboxylic acids is 1. The lowest BCUT2D eigenvalue weighted by Crippen LogP contribution is -2.01. The molecule has 2 aromatic rings. The van der Waals surface area contributed by atoms with E-state index in [1.807, 2.05) is 0 Å². The Morgan fingerprint density at radius 1 is 1.05 bits per heavy atom. The molecule has 0 unspecified atom stereocenters. The van der Waals surface area contributed by atoms with Crippen LogP contribution in [0.4, 0.5) is 0 Å². The number of methoxy groups -OCH3 is 1. The molecular formula is C15H11BrO4. The summed E-state index contributed by atoms with van der Waals surface area (Å²) in [5.41, 5.74) is 2.41. The van der Waals surface area contributed by atoms with E-state index in [1.165, 1.54) is 7.11 Å². The number of hydrogen-bond donors (Lipinski definition) is 1. The molecular weight excluding hydrogens is 324 g/mol. The SMILES string of the molecule is COC(=O)c1ccc(-c2ccc(C(=O)O)cc2)c(Br)c1. The Labute approximate surface area is 124 Å². The molecule has 4 nitrogen and oxygen atoms in total. The zero-order valence-electron chi connectivity index (χ0n) is 10.6. The van der Waals surface area contributed by atoms with Gasteiger partial charge in [0.1, 0.15) is 0 Å². The minimum Gasteiger partial charge on any atom is -0.478 e. The van der Waals surface area contributed by atoms with Gasteiger partial charge in [0.2, 0.25) is 0 Å². The fourth-order valence-electron chi connectivity index (χ4n) is 1.79. The Hall–Kier alpha value is -2.14. The maximum absolute atomic E-state index is 11.4. The van der Waals surface area contributed by atoms with Crippen molar-refractivity contribution in [2.75, 3.05) is 7.11 Å². The third kappa shape index (κ3) is 2.88. The fraction of sp³-hybridized carbons (Fsp3) is 0.0667. The van der Waals surface area contributed by atoms with E-state index < -0.39 is 11.9 Å². The van der Waals surface area contributed by atoms with Crippen molar-refractivity contribution in [3.8, 4) is 11.1 Å². The summed E-state index contributed by atoms with van der Waals surface area (Å²) in [5, 5.41) is 8.86. The van der Waals surface area contributed by atoms with Gasteiger partial charge in [0, 0.05) is 4.47 Å². The molecule has 0 radical (unpaired) electrons. The maximum Gasteiger partial charge on any atom is 0.337 e. The molecule has 0 aliphatic heterocycles. The van der Waals surface area contributed by atoms with Gasteiger partial charge in [0.25, 0.3) is 0 Å². The third-order valence-electron chi connectivity index (χ3n) is 2.83. The smallest absolute Gasteiger partial charge is 0.337 e. The highest BCUT2D eigenvalue weighted by Crippen LogP contribution is 2.29. The van der Waals surface area contributed by atoms with Crippen molar-refractivity contribution in [1.82, 2.24) is 0 Å². The number of carbonyl (C=O) groups excluding carboxylic acids is 1. The van der Waals surface area contributed by atoms with Gasteiger partial charge in [-0.3, -0.25) is 0 Å². The highest BCUT2D eigenvalue weighted by atomic mass is 79.9. The number of carboxylic acids is 1. The first-order valence-electron chi connectivity index (χ1n) is 5.74. The van der Waals surface area contributed by atoms with Crippen molar-refractivity contribution >= 4 is 27.9 Å². The van der Waals surface area contributed by atoms with Crippen LogP contribution in [0.25, 0.3) is 11.1 Å². The summed E-state index contributed by atoms with van der Waals surface area (Å²) in [5.74, 6) is -1.37. The summed E-state index contributed by atoms with van der Waals surface area (Å²) in [4.78, 5) is 22.2. The van der Waals surface area contributed by atoms with E-state index in [4.69, 9.17) is 5.11 Å². The van der Waals surface area contributed by atoms with Crippen LogP contribution in [0.5, 0.6) is 0 Å². The van der Waals surface area contributed by atoms with Gasteiger partial charge in [-0.1, -0.05) is 34.1 Å². The molecule has 102 valence electrons. The number of carbonyl (C=O) groups is 2. The zero-order valence-corrected chi connectivity index (χ0v) is 12.2. The first-order valence-corrected chi connectivity index (χ1v) is 6.54. The van der Waals surface area contributed by atoms with Crippen molar-refractivity contribution in [3.63, 3.8) is 0 Å². The van der Waals surface area contributed by atoms with Crippen molar-refractivity contribution < 1.29 is 19.4 Å². The predicted molar refractivity (Wildman–Crippen MR) is 77.9 cm³/mol. The predicted octanol–water partition coefficient (Wildman–Crippen LogP) is 3.60. The normalized spacial score (nSPS) is 10.1. The van der Waals surface area contributed by atoms with Gasteiger partial charge >= 0.3 is 11.9 Å². The molecule has 0 amide bonds. The van der Waals surface area contributed by atoms with E-state index in [-0.39, 0.29) is 5.56 Å². The summed E-state index contributed by atoms with van der Waals surface area (Å²) < 4.78 is 5.39. The summed E-state index contributed by atoms with van der Waals surface area (Å²) in [7, 11) is 1.33. The van der Waals surface area contributed by atoms with Crippen LogP contribution in [0.15, 0.2) is 46.9 Å². The lowest BCUT2D eigenvalue weighted by molar-refractivity contribution is 0.0599. The number of rotatable bonds is 3. The first kappa shape index (κ1) is 14.3. The van der Waals surface area contributed by atoms with Crippen LogP contribution in [-0.4, -0.2) is 24.2 Å². The van der Waals surface area contributed by atoms with Crippen molar-refractivity contribution in [2.45, 2.75) is 0 Å². The highest BCUT2D eigenvalue weighted by Gasteiger charge is 2.10. The molecule has 0 saturated carbocycles. The summed E-state index contributed by atoms with van der Waals surface area (Å²) in [6, 6.07) is 11.6. The van der Waals surface area contributed by atoms with Crippen LogP contribution in [0.2, 0.25) is 0 Å². The monoisotopic (exact) mass is 334 g/mol. The minimum atomic E-state index is -0.961. The molecule has 2 rings (SSSR count). The Balaban J connectivity index is 2.38. The lowest BCUT2D eigenvalue weighted by atomic mass is 10.0. The van der Waals surface area contributed by atoms with Gasteiger partial charge in [-0.25, -0.2) is 9.59 Å². The van der Waals surface area contributed by atoms with Crippen LogP contribution in [0, 0.1) is 0 Å². The number of hydrogen-bond acceptors (Lipinski definition) is 3. The second kappa shape index (κ2) is 5.88. The molecule has 0 bridgehead atoms. The molecule has 0 atom stereocenters. The minimum absolute atomic E-state index is 0.232. The van der Waals surface area contributed by atoms with Crippen LogP contribution in [-0.2, 0) is 4.74 Å². The summed E-state index contributed by atoms with van der Waals surface area (Å²) in [6.07, 6.45) is 0. The van der Waals surface area contributed by atoms with Crippen molar-refractivity contribution in [3.05, 3.63) is 58.1 Å². The van der Waals surface area contributed by atoms with E-state index in [0.717, 1.165) is 15.6 Å². The Morgan fingerprint density at radius 2 is 1.65 bits per heavy atom. The van der Waals surface area contributed by atoms with Crippen molar-refractivity contribution in [1.29, 1.82) is 0 Å². The number of ether oxygens (including phenoxy) is 1. The van der Waals surface area contributed by atoms with Gasteiger partial charge in [-0.15, -0.1) is 0 Å². The number of benzene rings is 2. The van der Waals surface area contributed by atoms with E-state index in [2.05, 4.69) is 20.7 Å². The van der Waals surface area contributed by atoms with E-state index in [0.29, 0.717) is 5.56 Å². The fourth-order valence-corrected chi connectivity index (χ4v) is 2.39. The Kier molecular flexibility index (Phi) is 4.20. The van der Waals surface area contributed by atoms with Crippen LogP contribution in [0.3, 0.4) is 0 Å². The Bertz CT molecular complexity index is 662. The van der Waals surface area contributed by atoms with E-state index in [9.17, 15) is 9.59 Å². The molecule has 1 N–H and O–H groups in total. The number of carboxylic acid groups (broad SMARTS) is 1. The van der Waals surface area contributed by atoms with Crippen LogP contribution >= 0.6 is 15.9 Å². The standard InChI is InChI=1S/C15H11BrO4/c1-20-15(19)11-6-7-12(13(16)8-11)9-2-4-10(5-3-9)14(17)18/h2-8H,1H3,(H,17,18). The molecule has 0 aromatic heterocycles. The van der Waals surface area contributed by atoms with Gasteiger partial charge in [-0.2, -0.15) is 0 Å². The second-order valence-electron chi connectivity index (χ2n) is 4.07. The molecule has 0 aliphatic rings. The lowest BCUT2D eigenvalue weighted by Gasteiger charge is -2.07. The molecule has 0 spiro atoms. The quantitative estimate of drug-likeness (QED) is 0.871. The van der Waals surface area contributed by atoms with E-state index in [1.54, 1.807) is 42.5 Å². The second-order valence-corrected chi connectivity index (χ2v) is 4.92. The average molecular weight is 335 g/mol.